The number of rotatable bonds is 8. The maximum Gasteiger partial charge on any atom is 0.268 e. The first-order valence-electron chi connectivity index (χ1n) is 11.0. The van der Waals surface area contributed by atoms with Gasteiger partial charge in [-0.25, -0.2) is 9.97 Å². The second-order valence-corrected chi connectivity index (χ2v) is 8.36. The van der Waals surface area contributed by atoms with E-state index in [1.165, 1.54) is 5.56 Å². The van der Waals surface area contributed by atoms with Gasteiger partial charge in [0.1, 0.15) is 5.69 Å². The fourth-order valence-corrected chi connectivity index (χ4v) is 3.92. The molecule has 4 N–H and O–H groups in total. The molecule has 0 aliphatic carbocycles. The van der Waals surface area contributed by atoms with E-state index in [0.29, 0.717) is 16.7 Å². The summed E-state index contributed by atoms with van der Waals surface area (Å²) >= 11 is 6.05. The number of benzene rings is 2. The van der Waals surface area contributed by atoms with E-state index in [9.17, 15) is 9.90 Å². The SMILES string of the molecule is CCc1ccccc1Nc1ncc(C)c(-c2c[nH]c(C(=O)N[C@H](CO)c3cccc(Cl)c3)c2)n1. The van der Waals surface area contributed by atoms with Crippen LogP contribution in [0.1, 0.15) is 40.1 Å². The Kier molecular flexibility index (Phi) is 7.25. The lowest BCUT2D eigenvalue weighted by Gasteiger charge is -2.16. The standard InChI is InChI=1S/C26H26ClN5O2/c1-3-17-7-4-5-10-21(17)31-26-29-13-16(2)24(32-26)19-12-22(28-14-19)25(34)30-23(15-33)18-8-6-9-20(27)11-18/h4-14,23,28,33H,3,15H2,1-2H3,(H,30,34)(H,29,31,32)/t23-/m1/s1. The number of nitrogens with zero attached hydrogens (tertiary/aromatic N) is 2. The number of aliphatic hydroxyl groups excluding tert-OH is 1. The van der Waals surface area contributed by atoms with Crippen molar-refractivity contribution in [1.82, 2.24) is 20.3 Å². The Hall–Kier alpha value is -3.68. The summed E-state index contributed by atoms with van der Waals surface area (Å²) < 4.78 is 0. The molecular weight excluding hydrogens is 450 g/mol. The van der Waals surface area contributed by atoms with Crippen LogP contribution in [0, 0.1) is 6.92 Å². The number of aromatic amines is 1. The average molecular weight is 476 g/mol. The van der Waals surface area contributed by atoms with Crippen molar-refractivity contribution in [3.63, 3.8) is 0 Å². The van der Waals surface area contributed by atoms with Crippen molar-refractivity contribution >= 4 is 29.1 Å². The number of aromatic nitrogens is 3. The van der Waals surface area contributed by atoms with E-state index >= 15 is 0 Å². The molecule has 0 radical (unpaired) electrons. The zero-order valence-corrected chi connectivity index (χ0v) is 19.7. The van der Waals surface area contributed by atoms with Crippen molar-refractivity contribution in [2.45, 2.75) is 26.3 Å². The predicted molar refractivity (Wildman–Crippen MR) is 134 cm³/mol. The fourth-order valence-electron chi connectivity index (χ4n) is 3.72. The molecule has 0 saturated carbocycles. The summed E-state index contributed by atoms with van der Waals surface area (Å²) in [5, 5.41) is 16.5. The quantitative estimate of drug-likeness (QED) is 0.280. The Balaban J connectivity index is 1.54. The van der Waals surface area contributed by atoms with E-state index in [-0.39, 0.29) is 12.5 Å². The van der Waals surface area contributed by atoms with Crippen LogP contribution in [0.5, 0.6) is 0 Å². The number of amides is 1. The molecular formula is C26H26ClN5O2. The Morgan fingerprint density at radius 1 is 1.18 bits per heavy atom. The summed E-state index contributed by atoms with van der Waals surface area (Å²) in [6, 6.07) is 16.3. The number of carbonyl (C=O) groups is 1. The topological polar surface area (TPSA) is 103 Å². The fraction of sp³-hybridized carbons (Fsp3) is 0.192. The number of para-hydroxylation sites is 1. The van der Waals surface area contributed by atoms with Gasteiger partial charge in [0.15, 0.2) is 0 Å². The zero-order valence-electron chi connectivity index (χ0n) is 19.0. The first-order chi connectivity index (χ1) is 16.5. The minimum atomic E-state index is -0.576. The van der Waals surface area contributed by atoms with Gasteiger partial charge in [-0.1, -0.05) is 48.9 Å². The largest absolute Gasteiger partial charge is 0.394 e. The average Bonchev–Trinajstić information content (AvgIpc) is 3.34. The van der Waals surface area contributed by atoms with Gasteiger partial charge in [0.05, 0.1) is 18.3 Å². The highest BCUT2D eigenvalue weighted by Gasteiger charge is 2.18. The van der Waals surface area contributed by atoms with Gasteiger partial charge in [-0.15, -0.1) is 0 Å². The summed E-state index contributed by atoms with van der Waals surface area (Å²) in [5.74, 6) is 0.141. The number of hydrogen-bond acceptors (Lipinski definition) is 5. The lowest BCUT2D eigenvalue weighted by molar-refractivity contribution is 0.0911. The molecule has 34 heavy (non-hydrogen) atoms. The molecule has 8 heteroatoms. The van der Waals surface area contributed by atoms with Crippen LogP contribution in [0.3, 0.4) is 0 Å². The molecule has 0 spiro atoms. The van der Waals surface area contributed by atoms with Crippen molar-refractivity contribution in [2.75, 3.05) is 11.9 Å². The molecule has 4 rings (SSSR count). The maximum absolute atomic E-state index is 12.8. The molecule has 0 saturated heterocycles. The number of aryl methyl sites for hydroxylation is 2. The Bertz CT molecular complexity index is 1300. The van der Waals surface area contributed by atoms with E-state index in [1.54, 1.807) is 36.7 Å². The number of halogens is 1. The summed E-state index contributed by atoms with van der Waals surface area (Å²) in [7, 11) is 0. The highest BCUT2D eigenvalue weighted by Crippen LogP contribution is 2.26. The van der Waals surface area contributed by atoms with Gasteiger partial charge in [0.25, 0.3) is 5.91 Å². The third-order valence-electron chi connectivity index (χ3n) is 5.56. The molecule has 0 aliphatic rings. The second kappa shape index (κ2) is 10.5. The van der Waals surface area contributed by atoms with Crippen LogP contribution in [-0.4, -0.2) is 32.6 Å². The van der Waals surface area contributed by atoms with Crippen molar-refractivity contribution < 1.29 is 9.90 Å². The van der Waals surface area contributed by atoms with Gasteiger partial charge in [-0.05, 0) is 54.3 Å². The van der Waals surface area contributed by atoms with Crippen LogP contribution in [0.25, 0.3) is 11.3 Å². The van der Waals surface area contributed by atoms with Crippen LogP contribution in [0.2, 0.25) is 5.02 Å². The number of H-pyrrole nitrogens is 1. The molecule has 0 unspecified atom stereocenters. The summed E-state index contributed by atoms with van der Waals surface area (Å²) in [6.07, 6.45) is 4.39. The van der Waals surface area contributed by atoms with Gasteiger partial charge < -0.3 is 20.7 Å². The smallest absolute Gasteiger partial charge is 0.268 e. The molecule has 174 valence electrons. The third-order valence-corrected chi connectivity index (χ3v) is 5.79. The van der Waals surface area contributed by atoms with Crippen molar-refractivity contribution in [3.05, 3.63) is 94.4 Å². The lowest BCUT2D eigenvalue weighted by Crippen LogP contribution is -2.31. The van der Waals surface area contributed by atoms with Gasteiger partial charge in [0, 0.05) is 28.7 Å². The summed E-state index contributed by atoms with van der Waals surface area (Å²) in [5.41, 5.74) is 5.59. The van der Waals surface area contributed by atoms with E-state index in [2.05, 4.69) is 33.6 Å². The molecule has 1 atom stereocenters. The van der Waals surface area contributed by atoms with Gasteiger partial charge in [0.2, 0.25) is 5.95 Å². The number of nitrogens with one attached hydrogen (secondary N) is 3. The Labute approximate surface area is 203 Å². The lowest BCUT2D eigenvalue weighted by atomic mass is 10.1. The molecule has 2 aromatic heterocycles. The van der Waals surface area contributed by atoms with Crippen molar-refractivity contribution in [2.24, 2.45) is 0 Å². The number of aliphatic hydroxyl groups is 1. The third kappa shape index (κ3) is 5.27. The Morgan fingerprint density at radius 3 is 2.76 bits per heavy atom. The van der Waals surface area contributed by atoms with E-state index < -0.39 is 6.04 Å². The molecule has 1 amide bonds. The highest BCUT2D eigenvalue weighted by molar-refractivity contribution is 6.30. The number of carbonyl (C=O) groups excluding carboxylic acids is 1. The van der Waals surface area contributed by atoms with Crippen molar-refractivity contribution in [1.29, 1.82) is 0 Å². The Morgan fingerprint density at radius 2 is 2.00 bits per heavy atom. The molecule has 0 aliphatic heterocycles. The first-order valence-corrected chi connectivity index (χ1v) is 11.4. The monoisotopic (exact) mass is 475 g/mol. The van der Waals surface area contributed by atoms with Crippen molar-refractivity contribution in [3.8, 4) is 11.3 Å². The van der Waals surface area contributed by atoms with Crippen LogP contribution in [0.15, 0.2) is 67.0 Å². The summed E-state index contributed by atoms with van der Waals surface area (Å²) in [6.45, 7) is 3.77. The molecule has 2 aromatic carbocycles. The van der Waals surface area contributed by atoms with E-state index in [1.807, 2.05) is 31.2 Å². The highest BCUT2D eigenvalue weighted by atomic mass is 35.5. The number of hydrogen-bond donors (Lipinski definition) is 4. The van der Waals surface area contributed by atoms with E-state index in [0.717, 1.165) is 34.5 Å². The normalized spacial score (nSPS) is 11.8. The molecule has 7 nitrogen and oxygen atoms in total. The first kappa shape index (κ1) is 23.5. The number of anilines is 2. The van der Waals surface area contributed by atoms with Gasteiger partial charge in [-0.3, -0.25) is 4.79 Å². The van der Waals surface area contributed by atoms with Crippen LogP contribution >= 0.6 is 11.6 Å². The van der Waals surface area contributed by atoms with Gasteiger partial charge >= 0.3 is 0 Å². The molecule has 2 heterocycles. The van der Waals surface area contributed by atoms with Crippen LogP contribution in [-0.2, 0) is 6.42 Å². The van der Waals surface area contributed by atoms with Gasteiger partial charge in [-0.2, -0.15) is 0 Å². The summed E-state index contributed by atoms with van der Waals surface area (Å²) in [4.78, 5) is 25.0. The molecule has 4 aromatic rings. The predicted octanol–water partition coefficient (Wildman–Crippen LogP) is 5.20. The minimum Gasteiger partial charge on any atom is -0.394 e. The second-order valence-electron chi connectivity index (χ2n) is 7.93. The van der Waals surface area contributed by atoms with Crippen LogP contribution in [0.4, 0.5) is 11.6 Å². The van der Waals surface area contributed by atoms with E-state index in [4.69, 9.17) is 16.6 Å². The zero-order chi connectivity index (χ0) is 24.1. The minimum absolute atomic E-state index is 0.251. The maximum atomic E-state index is 12.8. The van der Waals surface area contributed by atoms with Crippen LogP contribution < -0.4 is 10.6 Å². The molecule has 0 bridgehead atoms. The molecule has 0 fully saturated rings.